The van der Waals surface area contributed by atoms with Crippen molar-refractivity contribution in [2.45, 2.75) is 65.5 Å². The number of nitrogens with zero attached hydrogens (tertiary/aromatic N) is 2. The van der Waals surface area contributed by atoms with Crippen molar-refractivity contribution >= 4 is 31.0 Å². The van der Waals surface area contributed by atoms with Gasteiger partial charge in [-0.3, -0.25) is 4.99 Å². The molecule has 0 bridgehead atoms. The average molecular weight is 540 g/mol. The van der Waals surface area contributed by atoms with Gasteiger partial charge >= 0.3 is 0 Å². The van der Waals surface area contributed by atoms with Crippen molar-refractivity contribution in [1.29, 1.82) is 0 Å². The van der Waals surface area contributed by atoms with E-state index in [4.69, 9.17) is 4.99 Å². The van der Waals surface area contributed by atoms with Gasteiger partial charge in [0.2, 0.25) is 0 Å². The molecule has 1 unspecified atom stereocenters. The maximum absolute atomic E-state index is 5.09. The predicted octanol–water partition coefficient (Wildman–Crippen LogP) is 9.21. The molecule has 0 spiro atoms. The zero-order valence-electron chi connectivity index (χ0n) is 24.1. The highest BCUT2D eigenvalue weighted by Crippen LogP contribution is 2.56. The standard InChI is InChI=1S/C27H40N3PS.C3H6.C2H4/c1-6-17-30(18-8-7-16-28-5)23(4)32-27(22(3)24-11-9-21(2)10-12-24)26-15-19-31(20-29-26)25-13-14-25;1-3-2;1-2/h9-12,15,19,25,28H,4,6-8,13-14,16-18,20H2,1-3,5H3;3H,1H2,2H3;1-2H2/b27-22+;;. The van der Waals surface area contributed by atoms with Crippen LogP contribution in [0.25, 0.3) is 5.57 Å². The summed E-state index contributed by atoms with van der Waals surface area (Å²) in [4.78, 5) is 8.82. The van der Waals surface area contributed by atoms with Crippen LogP contribution in [0, 0.1) is 6.92 Å². The molecule has 1 saturated carbocycles. The largest absolute Gasteiger partial charge is 0.367 e. The van der Waals surface area contributed by atoms with Gasteiger partial charge in [0.25, 0.3) is 0 Å². The van der Waals surface area contributed by atoms with Crippen molar-refractivity contribution in [3.8, 4) is 0 Å². The van der Waals surface area contributed by atoms with E-state index in [1.165, 1.54) is 47.3 Å². The van der Waals surface area contributed by atoms with Crippen LogP contribution in [0.4, 0.5) is 0 Å². The molecule has 204 valence electrons. The Morgan fingerprint density at radius 2 is 1.84 bits per heavy atom. The highest BCUT2D eigenvalue weighted by atomic mass is 32.2. The van der Waals surface area contributed by atoms with Crippen molar-refractivity contribution in [2.24, 2.45) is 4.99 Å². The molecule has 3 nitrogen and oxygen atoms in total. The van der Waals surface area contributed by atoms with E-state index in [2.05, 4.69) is 93.5 Å². The summed E-state index contributed by atoms with van der Waals surface area (Å²) >= 11 is 1.82. The van der Waals surface area contributed by atoms with Gasteiger partial charge in [-0.05, 0) is 89.3 Å². The Morgan fingerprint density at radius 3 is 2.35 bits per heavy atom. The molecule has 1 fully saturated rings. The Bertz CT molecular complexity index is 912. The number of rotatable bonds is 13. The van der Waals surface area contributed by atoms with Gasteiger partial charge in [-0.25, -0.2) is 0 Å². The van der Waals surface area contributed by atoms with E-state index >= 15 is 0 Å². The molecule has 37 heavy (non-hydrogen) atoms. The summed E-state index contributed by atoms with van der Waals surface area (Å²) in [5.41, 5.74) is 5.93. The van der Waals surface area contributed by atoms with Gasteiger partial charge < -0.3 is 10.2 Å². The smallest absolute Gasteiger partial charge is 0.0722 e. The maximum atomic E-state index is 5.09. The molecular weight excluding hydrogens is 489 g/mol. The van der Waals surface area contributed by atoms with Crippen LogP contribution in [0.3, 0.4) is 0 Å². The summed E-state index contributed by atoms with van der Waals surface area (Å²) < 4.78 is 0. The first-order valence-electron chi connectivity index (χ1n) is 13.5. The minimum absolute atomic E-state index is 0.0379. The van der Waals surface area contributed by atoms with Gasteiger partial charge in [-0.15, -0.1) is 19.7 Å². The fraction of sp³-hybridized carbons (Fsp3) is 0.469. The molecule has 0 aromatic heterocycles. The molecule has 0 amide bonds. The van der Waals surface area contributed by atoms with E-state index in [-0.39, 0.29) is 7.92 Å². The summed E-state index contributed by atoms with van der Waals surface area (Å²) in [5.74, 6) is 2.47. The molecule has 1 aliphatic carbocycles. The molecule has 1 aliphatic heterocycles. The number of unbranched alkanes of at least 4 members (excludes halogenated alkanes) is 1. The molecule has 1 aromatic carbocycles. The highest BCUT2D eigenvalue weighted by Gasteiger charge is 2.30. The third-order valence-electron chi connectivity index (χ3n) is 6.07. The van der Waals surface area contributed by atoms with Crippen LogP contribution in [0.2, 0.25) is 0 Å². The monoisotopic (exact) mass is 539 g/mol. The van der Waals surface area contributed by atoms with Crippen molar-refractivity contribution in [3.05, 3.63) is 89.6 Å². The summed E-state index contributed by atoms with van der Waals surface area (Å²) in [7, 11) is 1.99. The van der Waals surface area contributed by atoms with Crippen LogP contribution in [0.15, 0.2) is 83.5 Å². The van der Waals surface area contributed by atoms with Crippen LogP contribution < -0.4 is 5.32 Å². The lowest BCUT2D eigenvalue weighted by molar-refractivity contribution is 0.357. The minimum Gasteiger partial charge on any atom is -0.367 e. The molecule has 1 heterocycles. The number of aryl methyl sites for hydroxylation is 1. The van der Waals surface area contributed by atoms with Crippen LogP contribution in [-0.4, -0.2) is 49.2 Å². The van der Waals surface area contributed by atoms with Gasteiger partial charge in [0.1, 0.15) is 0 Å². The number of thioether (sulfide) groups is 1. The third kappa shape index (κ3) is 12.0. The van der Waals surface area contributed by atoms with E-state index in [1.807, 2.05) is 25.7 Å². The van der Waals surface area contributed by atoms with Gasteiger partial charge in [0.05, 0.1) is 17.0 Å². The normalized spacial score (nSPS) is 16.8. The highest BCUT2D eigenvalue weighted by molar-refractivity contribution is 8.07. The first kappa shape index (κ1) is 33.2. The zero-order valence-corrected chi connectivity index (χ0v) is 25.8. The summed E-state index contributed by atoms with van der Waals surface area (Å²) in [6.45, 7) is 25.6. The summed E-state index contributed by atoms with van der Waals surface area (Å²) in [6.07, 6.45) is 11.4. The summed E-state index contributed by atoms with van der Waals surface area (Å²) in [5, 5.41) is 4.40. The second-order valence-corrected chi connectivity index (χ2v) is 12.7. The Hall–Kier alpha value is -1.87. The number of benzene rings is 1. The summed E-state index contributed by atoms with van der Waals surface area (Å²) in [6, 6.07) is 8.87. The minimum atomic E-state index is -0.0379. The van der Waals surface area contributed by atoms with Crippen LogP contribution in [0.1, 0.15) is 64.0 Å². The fourth-order valence-corrected chi connectivity index (χ4v) is 6.97. The molecule has 1 N–H and O–H groups in total. The van der Waals surface area contributed by atoms with Crippen molar-refractivity contribution in [1.82, 2.24) is 10.2 Å². The first-order valence-corrected chi connectivity index (χ1v) is 16.0. The SMILES string of the molecule is C=C.C=C(S/C(C1=NCP(C2CC2)C=C1)=C(\C)c1ccc(C)cc1)N(CCC)CCCCNC.C=CC. The van der Waals surface area contributed by atoms with Crippen molar-refractivity contribution in [2.75, 3.05) is 33.0 Å². The molecule has 1 aromatic rings. The van der Waals surface area contributed by atoms with Crippen LogP contribution in [0.5, 0.6) is 0 Å². The number of hydrogen-bond donors (Lipinski definition) is 1. The Labute approximate surface area is 233 Å². The molecular formula is C32H50N3PS. The quantitative estimate of drug-likeness (QED) is 0.154. The number of hydrogen-bond acceptors (Lipinski definition) is 4. The lowest BCUT2D eigenvalue weighted by Gasteiger charge is -2.28. The van der Waals surface area contributed by atoms with Crippen molar-refractivity contribution < 1.29 is 0 Å². The van der Waals surface area contributed by atoms with Crippen molar-refractivity contribution in [3.63, 3.8) is 0 Å². The van der Waals surface area contributed by atoms with Crippen LogP contribution >= 0.6 is 19.7 Å². The molecule has 0 saturated heterocycles. The third-order valence-corrected chi connectivity index (χ3v) is 9.74. The second-order valence-electron chi connectivity index (χ2n) is 9.27. The molecule has 1 atom stereocenters. The van der Waals surface area contributed by atoms with E-state index in [9.17, 15) is 0 Å². The molecule has 2 aliphatic rings. The predicted molar refractivity (Wildman–Crippen MR) is 174 cm³/mol. The molecule has 0 radical (unpaired) electrons. The average Bonchev–Trinajstić information content (AvgIpc) is 3.76. The zero-order chi connectivity index (χ0) is 27.6. The lowest BCUT2D eigenvalue weighted by Crippen LogP contribution is -2.24. The van der Waals surface area contributed by atoms with Gasteiger partial charge in [-0.2, -0.15) is 0 Å². The van der Waals surface area contributed by atoms with Gasteiger partial charge in [0, 0.05) is 18.0 Å². The van der Waals surface area contributed by atoms with Gasteiger partial charge in [0.15, 0.2) is 0 Å². The maximum Gasteiger partial charge on any atom is 0.0722 e. The van der Waals surface area contributed by atoms with E-state index in [1.54, 1.807) is 6.08 Å². The Morgan fingerprint density at radius 1 is 1.19 bits per heavy atom. The fourth-order valence-electron chi connectivity index (χ4n) is 3.89. The number of nitrogens with one attached hydrogen (secondary N) is 1. The lowest BCUT2D eigenvalue weighted by atomic mass is 10.0. The Kier molecular flexibility index (Phi) is 17.2. The van der Waals surface area contributed by atoms with Gasteiger partial charge in [-0.1, -0.05) is 74.9 Å². The Balaban J connectivity index is 0.00000127. The van der Waals surface area contributed by atoms with Crippen LogP contribution in [-0.2, 0) is 0 Å². The number of allylic oxidation sites excluding steroid dienone is 4. The molecule has 5 heteroatoms. The number of aliphatic imine (C=N–C) groups is 1. The van der Waals surface area contributed by atoms with E-state index in [0.29, 0.717) is 0 Å². The van der Waals surface area contributed by atoms with E-state index < -0.39 is 0 Å². The first-order chi connectivity index (χ1) is 17.9. The molecule has 3 rings (SSSR count). The topological polar surface area (TPSA) is 27.6 Å². The van der Waals surface area contributed by atoms with E-state index in [0.717, 1.165) is 48.7 Å². The second kappa shape index (κ2) is 19.2.